The number of benzene rings is 1. The van der Waals surface area contributed by atoms with E-state index in [-0.39, 0.29) is 0 Å². The van der Waals surface area contributed by atoms with Crippen LogP contribution in [0.2, 0.25) is 0 Å². The molecule has 2 heterocycles. The molecule has 1 aromatic carbocycles. The van der Waals surface area contributed by atoms with Gasteiger partial charge < -0.3 is 4.74 Å². The van der Waals surface area contributed by atoms with Gasteiger partial charge in [-0.05, 0) is 36.1 Å². The van der Waals surface area contributed by atoms with Gasteiger partial charge in [-0.25, -0.2) is 4.68 Å². The first-order valence-corrected chi connectivity index (χ1v) is 6.86. The second-order valence-corrected chi connectivity index (χ2v) is 4.87. The normalized spacial score (nSPS) is 19.5. The first kappa shape index (κ1) is 12.3. The molecule has 100 valence electrons. The lowest BCUT2D eigenvalue weighted by Gasteiger charge is -2.22. The first-order valence-electron chi connectivity index (χ1n) is 6.86. The van der Waals surface area contributed by atoms with Gasteiger partial charge in [0.05, 0.1) is 6.10 Å². The molecule has 1 fully saturated rings. The van der Waals surface area contributed by atoms with E-state index in [1.807, 2.05) is 35.0 Å². The van der Waals surface area contributed by atoms with Crippen molar-refractivity contribution in [2.45, 2.75) is 38.3 Å². The molecule has 3 rings (SSSR count). The summed E-state index contributed by atoms with van der Waals surface area (Å²) in [4.78, 5) is 0. The van der Waals surface area contributed by atoms with Gasteiger partial charge in [-0.15, -0.1) is 5.10 Å². The molecule has 1 aromatic heterocycles. The predicted molar refractivity (Wildman–Crippen MR) is 71.5 cm³/mol. The highest BCUT2D eigenvalue weighted by atomic mass is 16.5. The lowest BCUT2D eigenvalue weighted by molar-refractivity contribution is 0.00828. The van der Waals surface area contributed by atoms with Crippen LogP contribution in [-0.4, -0.2) is 32.9 Å². The second kappa shape index (κ2) is 5.93. The molecule has 0 amide bonds. The topological polar surface area (TPSA) is 52.8 Å². The molecule has 2 aromatic rings. The number of hydrogen-bond donors (Lipinski definition) is 0. The monoisotopic (exact) mass is 258 g/mol. The lowest BCUT2D eigenvalue weighted by Crippen LogP contribution is -2.21. The zero-order valence-electron chi connectivity index (χ0n) is 10.9. The fraction of sp³-hybridized carbons (Fsp3) is 0.500. The van der Waals surface area contributed by atoms with Crippen LogP contribution in [0.4, 0.5) is 0 Å². The van der Waals surface area contributed by atoms with Gasteiger partial charge in [-0.3, -0.25) is 0 Å². The van der Waals surface area contributed by atoms with Crippen molar-refractivity contribution in [1.82, 2.24) is 20.2 Å². The summed E-state index contributed by atoms with van der Waals surface area (Å²) in [6.45, 7) is 1.70. The van der Waals surface area contributed by atoms with Gasteiger partial charge in [0.2, 0.25) is 0 Å². The van der Waals surface area contributed by atoms with E-state index in [9.17, 15) is 0 Å². The number of aryl methyl sites for hydroxylation is 1. The molecule has 1 aliphatic heterocycles. The SMILES string of the molecule is c1ccc(-c2nnnn2CCC2CCCCO2)cc1. The number of aromatic nitrogens is 4. The Morgan fingerprint density at radius 3 is 2.89 bits per heavy atom. The number of hydrogen-bond acceptors (Lipinski definition) is 4. The van der Waals surface area contributed by atoms with E-state index in [4.69, 9.17) is 4.74 Å². The van der Waals surface area contributed by atoms with Crippen LogP contribution >= 0.6 is 0 Å². The Morgan fingerprint density at radius 2 is 2.11 bits per heavy atom. The van der Waals surface area contributed by atoms with Crippen molar-refractivity contribution in [2.24, 2.45) is 0 Å². The maximum Gasteiger partial charge on any atom is 0.182 e. The average Bonchev–Trinajstić information content (AvgIpc) is 2.95. The fourth-order valence-electron chi connectivity index (χ4n) is 2.45. The largest absolute Gasteiger partial charge is 0.378 e. The molecule has 0 spiro atoms. The van der Waals surface area contributed by atoms with Crippen LogP contribution in [0.25, 0.3) is 11.4 Å². The van der Waals surface area contributed by atoms with Gasteiger partial charge in [0.25, 0.3) is 0 Å². The van der Waals surface area contributed by atoms with Crippen LogP contribution in [0.3, 0.4) is 0 Å². The molecule has 0 bridgehead atoms. The Balaban J connectivity index is 1.67. The molecule has 0 radical (unpaired) electrons. The molecule has 0 aliphatic carbocycles. The number of tetrazole rings is 1. The fourth-order valence-corrected chi connectivity index (χ4v) is 2.45. The maximum absolute atomic E-state index is 5.74. The van der Waals surface area contributed by atoms with Gasteiger partial charge in [0.1, 0.15) is 0 Å². The van der Waals surface area contributed by atoms with E-state index in [1.165, 1.54) is 12.8 Å². The summed E-state index contributed by atoms with van der Waals surface area (Å²) >= 11 is 0. The van der Waals surface area contributed by atoms with E-state index >= 15 is 0 Å². The summed E-state index contributed by atoms with van der Waals surface area (Å²) in [7, 11) is 0. The Bertz CT molecular complexity index is 505. The molecule has 0 N–H and O–H groups in total. The van der Waals surface area contributed by atoms with E-state index in [0.717, 1.165) is 37.4 Å². The summed E-state index contributed by atoms with van der Waals surface area (Å²) in [5.41, 5.74) is 1.05. The molecular formula is C14H18N4O. The van der Waals surface area contributed by atoms with Gasteiger partial charge in [0, 0.05) is 18.7 Å². The van der Waals surface area contributed by atoms with Crippen LogP contribution in [0.15, 0.2) is 30.3 Å². The zero-order valence-corrected chi connectivity index (χ0v) is 10.9. The van der Waals surface area contributed by atoms with Crippen molar-refractivity contribution in [3.63, 3.8) is 0 Å². The highest BCUT2D eigenvalue weighted by molar-refractivity contribution is 5.53. The van der Waals surface area contributed by atoms with Crippen molar-refractivity contribution in [3.05, 3.63) is 30.3 Å². The van der Waals surface area contributed by atoms with E-state index in [2.05, 4.69) is 15.5 Å². The third kappa shape index (κ3) is 2.98. The van der Waals surface area contributed by atoms with E-state index in [1.54, 1.807) is 0 Å². The quantitative estimate of drug-likeness (QED) is 0.844. The van der Waals surface area contributed by atoms with Gasteiger partial charge in [0.15, 0.2) is 5.82 Å². The predicted octanol–water partition coefficient (Wildman–Crippen LogP) is 2.30. The van der Waals surface area contributed by atoms with Gasteiger partial charge in [-0.2, -0.15) is 0 Å². The van der Waals surface area contributed by atoms with E-state index < -0.39 is 0 Å². The lowest BCUT2D eigenvalue weighted by atomic mass is 10.1. The molecule has 0 saturated carbocycles. The van der Waals surface area contributed by atoms with Crippen LogP contribution < -0.4 is 0 Å². The van der Waals surface area contributed by atoms with Crippen LogP contribution in [0.1, 0.15) is 25.7 Å². The highest BCUT2D eigenvalue weighted by Crippen LogP contribution is 2.18. The molecule has 1 atom stereocenters. The molecular weight excluding hydrogens is 240 g/mol. The Kier molecular flexibility index (Phi) is 3.83. The maximum atomic E-state index is 5.74. The smallest absolute Gasteiger partial charge is 0.182 e. The number of nitrogens with zero attached hydrogens (tertiary/aromatic N) is 4. The standard InChI is InChI=1S/C14H18N4O/c1-2-6-12(7-3-1)14-15-16-17-18(14)10-9-13-8-4-5-11-19-13/h1-3,6-7,13H,4-5,8-11H2. The summed E-state index contributed by atoms with van der Waals surface area (Å²) in [5.74, 6) is 0.830. The Labute approximate surface area is 112 Å². The third-order valence-electron chi connectivity index (χ3n) is 3.50. The Morgan fingerprint density at radius 1 is 1.21 bits per heavy atom. The molecule has 1 saturated heterocycles. The van der Waals surface area contributed by atoms with Crippen molar-refractivity contribution in [1.29, 1.82) is 0 Å². The van der Waals surface area contributed by atoms with Crippen molar-refractivity contribution < 1.29 is 4.74 Å². The number of rotatable bonds is 4. The second-order valence-electron chi connectivity index (χ2n) is 4.87. The molecule has 1 unspecified atom stereocenters. The molecule has 5 nitrogen and oxygen atoms in total. The summed E-state index contributed by atoms with van der Waals surface area (Å²) in [5, 5.41) is 12.0. The molecule has 1 aliphatic rings. The van der Waals surface area contributed by atoms with E-state index in [0.29, 0.717) is 6.10 Å². The van der Waals surface area contributed by atoms with Crippen molar-refractivity contribution in [3.8, 4) is 11.4 Å². The van der Waals surface area contributed by atoms with Crippen LogP contribution in [0, 0.1) is 0 Å². The zero-order chi connectivity index (χ0) is 12.9. The third-order valence-corrected chi connectivity index (χ3v) is 3.50. The summed E-state index contributed by atoms with van der Waals surface area (Å²) in [6.07, 6.45) is 4.96. The minimum Gasteiger partial charge on any atom is -0.378 e. The average molecular weight is 258 g/mol. The summed E-state index contributed by atoms with van der Waals surface area (Å²) in [6, 6.07) is 10.0. The van der Waals surface area contributed by atoms with Crippen molar-refractivity contribution in [2.75, 3.05) is 6.61 Å². The molecule has 19 heavy (non-hydrogen) atoms. The minimum absolute atomic E-state index is 0.363. The van der Waals surface area contributed by atoms with Gasteiger partial charge in [-0.1, -0.05) is 30.3 Å². The van der Waals surface area contributed by atoms with Crippen LogP contribution in [-0.2, 0) is 11.3 Å². The van der Waals surface area contributed by atoms with Crippen molar-refractivity contribution >= 4 is 0 Å². The number of ether oxygens (including phenoxy) is 1. The molecule has 5 heteroatoms. The Hall–Kier alpha value is -1.75. The minimum atomic E-state index is 0.363. The summed E-state index contributed by atoms with van der Waals surface area (Å²) < 4.78 is 7.61. The van der Waals surface area contributed by atoms with Gasteiger partial charge >= 0.3 is 0 Å². The first-order chi connectivity index (χ1) is 9.43. The highest BCUT2D eigenvalue weighted by Gasteiger charge is 2.15. The van der Waals surface area contributed by atoms with Crippen LogP contribution in [0.5, 0.6) is 0 Å².